The topological polar surface area (TPSA) is 79.5 Å². The highest BCUT2D eigenvalue weighted by atomic mass is 16.6. The second-order valence-electron chi connectivity index (χ2n) is 6.14. The lowest BCUT2D eigenvalue weighted by Crippen LogP contribution is -2.43. The SMILES string of the molecule is O=C(CCCNC(=O)NC1CCCCC1)NOCc1ccccc1. The zero-order valence-electron chi connectivity index (χ0n) is 14.1. The van der Waals surface area contributed by atoms with Gasteiger partial charge in [0.05, 0.1) is 6.61 Å². The number of carbonyl (C=O) groups is 2. The van der Waals surface area contributed by atoms with Gasteiger partial charge in [-0.2, -0.15) is 0 Å². The lowest BCUT2D eigenvalue weighted by Gasteiger charge is -2.22. The van der Waals surface area contributed by atoms with E-state index in [2.05, 4.69) is 16.1 Å². The van der Waals surface area contributed by atoms with Gasteiger partial charge in [0.1, 0.15) is 0 Å². The molecule has 3 N–H and O–H groups in total. The lowest BCUT2D eigenvalue weighted by atomic mass is 9.96. The summed E-state index contributed by atoms with van der Waals surface area (Å²) in [4.78, 5) is 28.5. The first-order valence-corrected chi connectivity index (χ1v) is 8.73. The fraction of sp³-hybridized carbons (Fsp3) is 0.556. The van der Waals surface area contributed by atoms with Gasteiger partial charge in [0.25, 0.3) is 0 Å². The van der Waals surface area contributed by atoms with Crippen LogP contribution in [0.25, 0.3) is 0 Å². The molecule has 1 saturated carbocycles. The van der Waals surface area contributed by atoms with Crippen LogP contribution in [0.1, 0.15) is 50.5 Å². The van der Waals surface area contributed by atoms with Crippen LogP contribution < -0.4 is 16.1 Å². The van der Waals surface area contributed by atoms with Crippen molar-refractivity contribution >= 4 is 11.9 Å². The van der Waals surface area contributed by atoms with Crippen molar-refractivity contribution in [2.75, 3.05) is 6.54 Å². The van der Waals surface area contributed by atoms with Crippen LogP contribution >= 0.6 is 0 Å². The van der Waals surface area contributed by atoms with E-state index in [0.29, 0.717) is 32.0 Å². The van der Waals surface area contributed by atoms with E-state index in [-0.39, 0.29) is 11.9 Å². The summed E-state index contributed by atoms with van der Waals surface area (Å²) in [5.41, 5.74) is 3.42. The molecule has 1 aliphatic carbocycles. The zero-order valence-corrected chi connectivity index (χ0v) is 14.1. The van der Waals surface area contributed by atoms with Crippen molar-refractivity contribution in [1.29, 1.82) is 0 Å². The fourth-order valence-corrected chi connectivity index (χ4v) is 2.76. The van der Waals surface area contributed by atoms with Gasteiger partial charge in [0.15, 0.2) is 0 Å². The van der Waals surface area contributed by atoms with Crippen molar-refractivity contribution in [1.82, 2.24) is 16.1 Å². The first-order chi connectivity index (χ1) is 11.7. The minimum atomic E-state index is -0.180. The summed E-state index contributed by atoms with van der Waals surface area (Å²) in [5, 5.41) is 5.78. The molecule has 3 amide bonds. The first-order valence-electron chi connectivity index (χ1n) is 8.73. The van der Waals surface area contributed by atoms with E-state index >= 15 is 0 Å². The van der Waals surface area contributed by atoms with E-state index in [9.17, 15) is 9.59 Å². The van der Waals surface area contributed by atoms with Crippen LogP contribution in [0.5, 0.6) is 0 Å². The monoisotopic (exact) mass is 333 g/mol. The molecule has 1 aromatic carbocycles. The molecule has 0 radical (unpaired) electrons. The van der Waals surface area contributed by atoms with Crippen molar-refractivity contribution in [3.05, 3.63) is 35.9 Å². The molecule has 2 rings (SSSR count). The maximum atomic E-state index is 11.7. The lowest BCUT2D eigenvalue weighted by molar-refractivity contribution is -0.134. The first kappa shape index (κ1) is 18.3. The van der Waals surface area contributed by atoms with Gasteiger partial charge in [-0.15, -0.1) is 0 Å². The molecule has 0 spiro atoms. The Kier molecular flexibility index (Phi) is 8.10. The van der Waals surface area contributed by atoms with Gasteiger partial charge in [-0.05, 0) is 24.8 Å². The molecular weight excluding hydrogens is 306 g/mol. The van der Waals surface area contributed by atoms with Crippen LogP contribution in [0, 0.1) is 0 Å². The molecule has 0 atom stereocenters. The van der Waals surface area contributed by atoms with Gasteiger partial charge < -0.3 is 10.6 Å². The van der Waals surface area contributed by atoms with E-state index in [1.165, 1.54) is 19.3 Å². The number of hydrogen-bond acceptors (Lipinski definition) is 3. The largest absolute Gasteiger partial charge is 0.338 e. The highest BCUT2D eigenvalue weighted by molar-refractivity contribution is 5.75. The summed E-state index contributed by atoms with van der Waals surface area (Å²) in [6.45, 7) is 0.819. The molecule has 0 bridgehead atoms. The average Bonchev–Trinajstić information content (AvgIpc) is 2.60. The molecule has 0 aliphatic heterocycles. The predicted molar refractivity (Wildman–Crippen MR) is 92.0 cm³/mol. The number of hydrogen-bond donors (Lipinski definition) is 3. The van der Waals surface area contributed by atoms with Crippen molar-refractivity contribution < 1.29 is 14.4 Å². The van der Waals surface area contributed by atoms with Gasteiger partial charge in [-0.1, -0.05) is 49.6 Å². The Morgan fingerprint density at radius 2 is 1.83 bits per heavy atom. The van der Waals surface area contributed by atoms with Gasteiger partial charge in [0, 0.05) is 19.0 Å². The highest BCUT2D eigenvalue weighted by Gasteiger charge is 2.15. The third kappa shape index (κ3) is 7.46. The van der Waals surface area contributed by atoms with Crippen LogP contribution in [0.4, 0.5) is 4.79 Å². The van der Waals surface area contributed by atoms with Crippen LogP contribution in [-0.2, 0) is 16.2 Å². The molecule has 132 valence electrons. The molecular formula is C18H27N3O3. The number of nitrogens with one attached hydrogen (secondary N) is 3. The molecule has 6 heteroatoms. The van der Waals surface area contributed by atoms with E-state index < -0.39 is 0 Å². The summed E-state index contributed by atoms with van der Waals surface area (Å²) < 4.78 is 0. The van der Waals surface area contributed by atoms with Gasteiger partial charge >= 0.3 is 6.03 Å². The molecule has 0 unspecified atom stereocenters. The molecule has 1 fully saturated rings. The molecule has 24 heavy (non-hydrogen) atoms. The number of rotatable bonds is 8. The summed E-state index contributed by atoms with van der Waals surface area (Å²) in [5.74, 6) is -0.180. The zero-order chi connectivity index (χ0) is 17.0. The van der Waals surface area contributed by atoms with Crippen molar-refractivity contribution in [2.24, 2.45) is 0 Å². The predicted octanol–water partition coefficient (Wildman–Crippen LogP) is 2.65. The Hall–Kier alpha value is -2.08. The van der Waals surface area contributed by atoms with Gasteiger partial charge in [-0.25, -0.2) is 10.3 Å². The third-order valence-corrected chi connectivity index (χ3v) is 4.07. The Bertz CT molecular complexity index is 501. The molecule has 0 aromatic heterocycles. The van der Waals surface area contributed by atoms with Gasteiger partial charge in [0.2, 0.25) is 5.91 Å². The highest BCUT2D eigenvalue weighted by Crippen LogP contribution is 2.17. The van der Waals surface area contributed by atoms with E-state index in [1.807, 2.05) is 30.3 Å². The van der Waals surface area contributed by atoms with Crippen molar-refractivity contribution in [2.45, 2.75) is 57.6 Å². The summed E-state index contributed by atoms with van der Waals surface area (Å²) >= 11 is 0. The molecule has 0 saturated heterocycles. The maximum absolute atomic E-state index is 11.7. The van der Waals surface area contributed by atoms with Crippen LogP contribution in [0.2, 0.25) is 0 Å². The normalized spacial score (nSPS) is 14.8. The third-order valence-electron chi connectivity index (χ3n) is 4.07. The van der Waals surface area contributed by atoms with Crippen LogP contribution in [0.15, 0.2) is 30.3 Å². The maximum Gasteiger partial charge on any atom is 0.315 e. The number of benzene rings is 1. The van der Waals surface area contributed by atoms with E-state index in [0.717, 1.165) is 18.4 Å². The Morgan fingerprint density at radius 1 is 1.08 bits per heavy atom. The quantitative estimate of drug-likeness (QED) is 0.505. The standard InChI is InChI=1S/C18H27N3O3/c22-17(21-24-14-15-8-3-1-4-9-15)12-7-13-19-18(23)20-16-10-5-2-6-11-16/h1,3-4,8-9,16H,2,5-7,10-14H2,(H,21,22)(H2,19,20,23). The molecule has 1 aromatic rings. The van der Waals surface area contributed by atoms with Crippen molar-refractivity contribution in [3.8, 4) is 0 Å². The molecule has 1 aliphatic rings. The Labute approximate surface area is 143 Å². The number of amides is 3. The average molecular weight is 333 g/mol. The number of hydroxylamine groups is 1. The van der Waals surface area contributed by atoms with E-state index in [1.54, 1.807) is 0 Å². The van der Waals surface area contributed by atoms with Gasteiger partial charge in [-0.3, -0.25) is 9.63 Å². The Balaban J connectivity index is 1.47. The van der Waals surface area contributed by atoms with Crippen LogP contribution in [0.3, 0.4) is 0 Å². The summed E-state index contributed by atoms with van der Waals surface area (Å²) in [6, 6.07) is 9.80. The number of carbonyl (C=O) groups excluding carboxylic acids is 2. The molecule has 0 heterocycles. The van der Waals surface area contributed by atoms with E-state index in [4.69, 9.17) is 4.84 Å². The summed E-state index contributed by atoms with van der Waals surface area (Å²) in [7, 11) is 0. The second kappa shape index (κ2) is 10.6. The number of urea groups is 1. The second-order valence-corrected chi connectivity index (χ2v) is 6.14. The Morgan fingerprint density at radius 3 is 2.58 bits per heavy atom. The smallest absolute Gasteiger partial charge is 0.315 e. The van der Waals surface area contributed by atoms with Crippen molar-refractivity contribution in [3.63, 3.8) is 0 Å². The molecule has 6 nitrogen and oxygen atoms in total. The fourth-order valence-electron chi connectivity index (χ4n) is 2.76. The van der Waals surface area contributed by atoms with Crippen LogP contribution in [-0.4, -0.2) is 24.5 Å². The minimum Gasteiger partial charge on any atom is -0.338 e. The minimum absolute atomic E-state index is 0.136. The summed E-state index contributed by atoms with van der Waals surface area (Å²) in [6.07, 6.45) is 6.67.